The van der Waals surface area contributed by atoms with Crippen LogP contribution in [0.15, 0.2) is 0 Å². The van der Waals surface area contributed by atoms with Crippen LogP contribution in [0.3, 0.4) is 0 Å². The van der Waals surface area contributed by atoms with Crippen molar-refractivity contribution >= 4 is 15.9 Å². The minimum absolute atomic E-state index is 0.0286. The summed E-state index contributed by atoms with van der Waals surface area (Å²) in [6, 6.07) is 0. The molecule has 122 valence electrons. The van der Waals surface area contributed by atoms with E-state index >= 15 is 0 Å². The first-order chi connectivity index (χ1) is 9.91. The molecule has 0 spiro atoms. The molecule has 0 aromatic rings. The van der Waals surface area contributed by atoms with Crippen molar-refractivity contribution in [2.75, 3.05) is 52.8 Å². The van der Waals surface area contributed by atoms with Gasteiger partial charge in [0.25, 0.3) is 0 Å². The predicted octanol–water partition coefficient (Wildman–Crippen LogP) is -0.707. The van der Waals surface area contributed by atoms with Crippen LogP contribution in [0.5, 0.6) is 0 Å². The smallest absolute Gasteiger partial charge is 0.220 e. The zero-order valence-electron chi connectivity index (χ0n) is 12.6. The number of hydrogen-bond acceptors (Lipinski definition) is 5. The summed E-state index contributed by atoms with van der Waals surface area (Å²) in [4.78, 5) is 11.9. The molecule has 7 nitrogen and oxygen atoms in total. The molecular weight excluding hydrogens is 296 g/mol. The fourth-order valence-electron chi connectivity index (χ4n) is 3.14. The third-order valence-electron chi connectivity index (χ3n) is 4.27. The van der Waals surface area contributed by atoms with Crippen LogP contribution in [0.2, 0.25) is 0 Å². The second kappa shape index (κ2) is 7.04. The van der Waals surface area contributed by atoms with E-state index in [0.29, 0.717) is 45.9 Å². The number of carbonyl (C=O) groups is 1. The van der Waals surface area contributed by atoms with Gasteiger partial charge in [0.1, 0.15) is 0 Å². The van der Waals surface area contributed by atoms with Gasteiger partial charge in [-0.3, -0.25) is 4.79 Å². The molecule has 0 saturated carbocycles. The van der Waals surface area contributed by atoms with E-state index in [1.165, 1.54) is 10.6 Å². The fourth-order valence-corrected chi connectivity index (χ4v) is 4.05. The standard InChI is InChI=1S/C13H24N2O5S/c1-19-4-3-14-13(16)5-10-8-20-9-11-6-15(7-12(10)11)21(2,17)18/h10-12H,3-9H2,1-2H3,(H,14,16)/t10-,11-,12-/m1/s1. The van der Waals surface area contributed by atoms with Crippen LogP contribution in [0.1, 0.15) is 6.42 Å². The van der Waals surface area contributed by atoms with Gasteiger partial charge in [-0.2, -0.15) is 0 Å². The monoisotopic (exact) mass is 320 g/mol. The van der Waals surface area contributed by atoms with Crippen molar-refractivity contribution in [3.63, 3.8) is 0 Å². The SMILES string of the molecule is COCCNC(=O)C[C@@H]1COC[C@H]2CN(S(C)(=O)=O)C[C@H]12. The molecule has 21 heavy (non-hydrogen) atoms. The third kappa shape index (κ3) is 4.38. The van der Waals surface area contributed by atoms with Crippen molar-refractivity contribution in [2.45, 2.75) is 6.42 Å². The number of nitrogens with zero attached hydrogens (tertiary/aromatic N) is 1. The summed E-state index contributed by atoms with van der Waals surface area (Å²) in [7, 11) is -1.58. The van der Waals surface area contributed by atoms with E-state index in [1.807, 2.05) is 0 Å². The van der Waals surface area contributed by atoms with Gasteiger partial charge in [0.2, 0.25) is 15.9 Å². The first-order valence-corrected chi connectivity index (χ1v) is 9.05. The highest BCUT2D eigenvalue weighted by Crippen LogP contribution is 2.36. The summed E-state index contributed by atoms with van der Waals surface area (Å²) in [5.74, 6) is 0.462. The quantitative estimate of drug-likeness (QED) is 0.654. The molecule has 0 unspecified atom stereocenters. The predicted molar refractivity (Wildman–Crippen MR) is 77.2 cm³/mol. The van der Waals surface area contributed by atoms with Gasteiger partial charge in [0.15, 0.2) is 0 Å². The number of hydrogen-bond donors (Lipinski definition) is 1. The van der Waals surface area contributed by atoms with Crippen LogP contribution in [-0.2, 0) is 24.3 Å². The Balaban J connectivity index is 1.90. The van der Waals surface area contributed by atoms with Crippen LogP contribution < -0.4 is 5.32 Å². The van der Waals surface area contributed by atoms with Crippen molar-refractivity contribution in [1.29, 1.82) is 0 Å². The zero-order valence-corrected chi connectivity index (χ0v) is 13.4. The Morgan fingerprint density at radius 2 is 2.14 bits per heavy atom. The number of rotatable bonds is 6. The van der Waals surface area contributed by atoms with Crippen molar-refractivity contribution in [3.05, 3.63) is 0 Å². The largest absolute Gasteiger partial charge is 0.383 e. The second-order valence-corrected chi connectivity index (χ2v) is 7.83. The van der Waals surface area contributed by atoms with E-state index in [9.17, 15) is 13.2 Å². The molecule has 2 aliphatic rings. The van der Waals surface area contributed by atoms with Gasteiger partial charge in [-0.25, -0.2) is 12.7 Å². The molecule has 0 radical (unpaired) electrons. The van der Waals surface area contributed by atoms with Crippen LogP contribution in [0.25, 0.3) is 0 Å². The molecule has 0 aliphatic carbocycles. The zero-order chi connectivity index (χ0) is 15.5. The minimum atomic E-state index is -3.17. The number of fused-ring (bicyclic) bond motifs is 1. The van der Waals surface area contributed by atoms with Gasteiger partial charge in [-0.1, -0.05) is 0 Å². The van der Waals surface area contributed by atoms with Gasteiger partial charge in [-0.05, 0) is 11.8 Å². The number of methoxy groups -OCH3 is 1. The van der Waals surface area contributed by atoms with E-state index in [1.54, 1.807) is 7.11 Å². The molecule has 0 aromatic heterocycles. The number of ether oxygens (including phenoxy) is 2. The Kier molecular flexibility index (Phi) is 5.59. The average Bonchev–Trinajstić information content (AvgIpc) is 2.84. The molecule has 2 heterocycles. The van der Waals surface area contributed by atoms with E-state index in [4.69, 9.17) is 9.47 Å². The molecule has 2 fully saturated rings. The van der Waals surface area contributed by atoms with Gasteiger partial charge in [0.05, 0.1) is 26.1 Å². The first kappa shape index (κ1) is 16.7. The maximum Gasteiger partial charge on any atom is 0.220 e. The fraction of sp³-hybridized carbons (Fsp3) is 0.923. The Hall–Kier alpha value is -0.700. The van der Waals surface area contributed by atoms with Crippen molar-refractivity contribution in [3.8, 4) is 0 Å². The van der Waals surface area contributed by atoms with Crippen LogP contribution in [-0.4, -0.2) is 71.5 Å². The Labute approximate surface area is 126 Å². The topological polar surface area (TPSA) is 84.9 Å². The lowest BCUT2D eigenvalue weighted by atomic mass is 9.81. The van der Waals surface area contributed by atoms with Crippen LogP contribution in [0.4, 0.5) is 0 Å². The van der Waals surface area contributed by atoms with Crippen molar-refractivity contribution in [2.24, 2.45) is 17.8 Å². The molecular formula is C13H24N2O5S. The van der Waals surface area contributed by atoms with Crippen molar-refractivity contribution < 1.29 is 22.7 Å². The maximum atomic E-state index is 11.9. The average molecular weight is 320 g/mol. The summed E-state index contributed by atoms with van der Waals surface area (Å²) >= 11 is 0. The molecule has 2 saturated heterocycles. The Bertz CT molecular complexity index is 467. The van der Waals surface area contributed by atoms with Crippen molar-refractivity contribution in [1.82, 2.24) is 9.62 Å². The van der Waals surface area contributed by atoms with E-state index in [2.05, 4.69) is 5.32 Å². The van der Waals surface area contributed by atoms with Crippen LogP contribution >= 0.6 is 0 Å². The molecule has 8 heteroatoms. The molecule has 2 rings (SSSR count). The van der Waals surface area contributed by atoms with Gasteiger partial charge >= 0.3 is 0 Å². The highest BCUT2D eigenvalue weighted by atomic mass is 32.2. The first-order valence-electron chi connectivity index (χ1n) is 7.20. The summed E-state index contributed by atoms with van der Waals surface area (Å²) < 4.78 is 35.3. The molecule has 2 aliphatic heterocycles. The van der Waals surface area contributed by atoms with Gasteiger partial charge in [-0.15, -0.1) is 0 Å². The molecule has 0 bridgehead atoms. The molecule has 1 amide bonds. The highest BCUT2D eigenvalue weighted by molar-refractivity contribution is 7.88. The third-order valence-corrected chi connectivity index (χ3v) is 5.51. The van der Waals surface area contributed by atoms with E-state index in [0.717, 1.165) is 0 Å². The number of nitrogens with one attached hydrogen (secondary N) is 1. The summed E-state index contributed by atoms with van der Waals surface area (Å²) in [6.45, 7) is 3.09. The number of amides is 1. The van der Waals surface area contributed by atoms with E-state index in [-0.39, 0.29) is 23.7 Å². The van der Waals surface area contributed by atoms with Gasteiger partial charge < -0.3 is 14.8 Å². The lowest BCUT2D eigenvalue weighted by Gasteiger charge is -2.32. The van der Waals surface area contributed by atoms with Crippen LogP contribution in [0, 0.1) is 17.8 Å². The minimum Gasteiger partial charge on any atom is -0.383 e. The lowest BCUT2D eigenvalue weighted by molar-refractivity contribution is -0.124. The summed E-state index contributed by atoms with van der Waals surface area (Å²) in [6.07, 6.45) is 1.61. The number of sulfonamides is 1. The Morgan fingerprint density at radius 3 is 2.81 bits per heavy atom. The molecule has 3 atom stereocenters. The summed E-state index contributed by atoms with van der Waals surface area (Å²) in [5.41, 5.74) is 0. The highest BCUT2D eigenvalue weighted by Gasteiger charge is 2.43. The normalized spacial score (nSPS) is 30.1. The molecule has 1 N–H and O–H groups in total. The molecule has 0 aromatic carbocycles. The second-order valence-electron chi connectivity index (χ2n) is 5.85. The lowest BCUT2D eigenvalue weighted by Crippen LogP contribution is -2.38. The Morgan fingerprint density at radius 1 is 1.38 bits per heavy atom. The maximum absolute atomic E-state index is 11.9. The van der Waals surface area contributed by atoms with E-state index < -0.39 is 10.0 Å². The number of carbonyl (C=O) groups excluding carboxylic acids is 1. The summed E-state index contributed by atoms with van der Waals surface area (Å²) in [5, 5.41) is 2.80. The van der Waals surface area contributed by atoms with Gasteiger partial charge in [0, 0.05) is 39.1 Å².